The molecule has 2 heterocycles. The second-order valence-corrected chi connectivity index (χ2v) is 9.67. The Hall–Kier alpha value is -1.82. The van der Waals surface area contributed by atoms with Crippen LogP contribution in [0.4, 0.5) is 0 Å². The SMILES string of the molecule is C=C(C)Cn1c(SC/C=C(\C)Cl)nc2sc3c(c2c1=O)CCc1ccccc1-3. The van der Waals surface area contributed by atoms with Crippen LogP contribution in [0.5, 0.6) is 0 Å². The van der Waals surface area contributed by atoms with Gasteiger partial charge in [0.1, 0.15) is 4.83 Å². The van der Waals surface area contributed by atoms with Crippen LogP contribution in [0, 0.1) is 0 Å². The topological polar surface area (TPSA) is 34.9 Å². The lowest BCUT2D eigenvalue weighted by molar-refractivity contribution is 0.652. The molecule has 2 aromatic heterocycles. The van der Waals surface area contributed by atoms with Gasteiger partial charge < -0.3 is 0 Å². The lowest BCUT2D eigenvalue weighted by Gasteiger charge is -2.16. The molecule has 3 nitrogen and oxygen atoms in total. The summed E-state index contributed by atoms with van der Waals surface area (Å²) >= 11 is 9.13. The highest BCUT2D eigenvalue weighted by molar-refractivity contribution is 7.99. The smallest absolute Gasteiger partial charge is 0.263 e. The molecular formula is C22H21ClN2OS2. The van der Waals surface area contributed by atoms with Crippen LogP contribution in [0.1, 0.15) is 25.0 Å². The number of hydrogen-bond acceptors (Lipinski definition) is 4. The van der Waals surface area contributed by atoms with Gasteiger partial charge in [0.05, 0.1) is 5.39 Å². The van der Waals surface area contributed by atoms with E-state index in [0.717, 1.165) is 44.4 Å². The highest BCUT2D eigenvalue weighted by Crippen LogP contribution is 2.42. The van der Waals surface area contributed by atoms with Gasteiger partial charge in [-0.2, -0.15) is 0 Å². The summed E-state index contributed by atoms with van der Waals surface area (Å²) in [5.74, 6) is 0.678. The lowest BCUT2D eigenvalue weighted by atomic mass is 9.90. The van der Waals surface area contributed by atoms with E-state index >= 15 is 0 Å². The van der Waals surface area contributed by atoms with Crippen molar-refractivity contribution in [3.05, 3.63) is 69.0 Å². The van der Waals surface area contributed by atoms with Crippen LogP contribution >= 0.6 is 34.7 Å². The molecule has 0 saturated heterocycles. The van der Waals surface area contributed by atoms with Crippen LogP contribution in [0.25, 0.3) is 20.7 Å². The average molecular weight is 429 g/mol. The Labute approximate surface area is 177 Å². The Bertz CT molecular complexity index is 1170. The zero-order valence-electron chi connectivity index (χ0n) is 15.9. The average Bonchev–Trinajstić information content (AvgIpc) is 3.03. The Morgan fingerprint density at radius 2 is 2.14 bits per heavy atom. The number of aryl methyl sites for hydroxylation is 2. The van der Waals surface area contributed by atoms with Crippen LogP contribution in [0.3, 0.4) is 0 Å². The molecule has 1 aliphatic carbocycles. The van der Waals surface area contributed by atoms with Crippen molar-refractivity contribution >= 4 is 44.9 Å². The maximum atomic E-state index is 13.5. The molecule has 0 fully saturated rings. The van der Waals surface area contributed by atoms with Gasteiger partial charge in [-0.25, -0.2) is 4.98 Å². The molecule has 0 saturated carbocycles. The Kier molecular flexibility index (Phi) is 5.50. The van der Waals surface area contributed by atoms with E-state index in [-0.39, 0.29) is 5.56 Å². The minimum Gasteiger partial charge on any atom is -0.283 e. The number of thiophene rings is 1. The first-order chi connectivity index (χ1) is 13.5. The van der Waals surface area contributed by atoms with Crippen LogP contribution in [0.2, 0.25) is 0 Å². The number of rotatable bonds is 5. The van der Waals surface area contributed by atoms with Gasteiger partial charge in [-0.1, -0.05) is 65.9 Å². The molecule has 0 bridgehead atoms. The van der Waals surface area contributed by atoms with Crippen molar-refractivity contribution < 1.29 is 0 Å². The van der Waals surface area contributed by atoms with Crippen LogP contribution in [-0.2, 0) is 19.4 Å². The molecule has 28 heavy (non-hydrogen) atoms. The summed E-state index contributed by atoms with van der Waals surface area (Å²) in [5.41, 5.74) is 4.72. The van der Waals surface area contributed by atoms with Crippen LogP contribution in [0.15, 0.2) is 57.5 Å². The zero-order valence-corrected chi connectivity index (χ0v) is 18.3. The van der Waals surface area contributed by atoms with Gasteiger partial charge in [0.25, 0.3) is 5.56 Å². The van der Waals surface area contributed by atoms with Gasteiger partial charge in [-0.15, -0.1) is 11.3 Å². The molecule has 0 atom stereocenters. The van der Waals surface area contributed by atoms with Crippen molar-refractivity contribution in [3.8, 4) is 10.4 Å². The number of allylic oxidation sites excluding steroid dienone is 2. The second-order valence-electron chi connectivity index (χ2n) is 7.09. The first-order valence-corrected chi connectivity index (χ1v) is 11.4. The van der Waals surface area contributed by atoms with Gasteiger partial charge >= 0.3 is 0 Å². The van der Waals surface area contributed by atoms with Crippen LogP contribution < -0.4 is 5.56 Å². The third-order valence-corrected chi connectivity index (χ3v) is 7.00. The number of benzene rings is 1. The van der Waals surface area contributed by atoms with Crippen molar-refractivity contribution in [2.45, 2.75) is 38.4 Å². The third kappa shape index (κ3) is 3.59. The van der Waals surface area contributed by atoms with Gasteiger partial charge in [0, 0.05) is 22.2 Å². The van der Waals surface area contributed by atoms with Crippen molar-refractivity contribution in [2.75, 3.05) is 5.75 Å². The van der Waals surface area contributed by atoms with Crippen molar-refractivity contribution in [2.24, 2.45) is 0 Å². The molecule has 1 aromatic carbocycles. The number of fused-ring (bicyclic) bond motifs is 5. The van der Waals surface area contributed by atoms with E-state index in [9.17, 15) is 4.79 Å². The molecule has 4 rings (SSSR count). The quantitative estimate of drug-likeness (QED) is 0.282. The van der Waals surface area contributed by atoms with Gasteiger partial charge in [-0.05, 0) is 43.4 Å². The first-order valence-electron chi connectivity index (χ1n) is 9.19. The van der Waals surface area contributed by atoms with Gasteiger partial charge in [0.15, 0.2) is 5.16 Å². The molecular weight excluding hydrogens is 408 g/mol. The Balaban J connectivity index is 1.91. The minimum absolute atomic E-state index is 0.0407. The second kappa shape index (κ2) is 7.90. The molecule has 0 spiro atoms. The molecule has 0 radical (unpaired) electrons. The van der Waals surface area contributed by atoms with E-state index in [1.807, 2.05) is 19.9 Å². The molecule has 0 N–H and O–H groups in total. The number of halogens is 1. The van der Waals surface area contributed by atoms with E-state index in [1.165, 1.54) is 27.8 Å². The number of hydrogen-bond donors (Lipinski definition) is 0. The van der Waals surface area contributed by atoms with Crippen LogP contribution in [-0.4, -0.2) is 15.3 Å². The maximum absolute atomic E-state index is 13.5. The van der Waals surface area contributed by atoms with E-state index < -0.39 is 0 Å². The summed E-state index contributed by atoms with van der Waals surface area (Å²) in [7, 11) is 0. The summed E-state index contributed by atoms with van der Waals surface area (Å²) in [6, 6.07) is 8.47. The molecule has 1 aliphatic rings. The highest BCUT2D eigenvalue weighted by Gasteiger charge is 2.25. The standard InChI is InChI=1S/C22H21ClN2OS2/c1-13(2)12-25-21(26)18-17-9-8-15-6-4-5-7-16(15)19(17)28-20(18)24-22(25)27-11-10-14(3)23/h4-7,10H,1,8-9,11-12H2,2-3H3/b14-10+. The molecule has 6 heteroatoms. The molecule has 0 amide bonds. The monoisotopic (exact) mass is 428 g/mol. The van der Waals surface area contributed by atoms with E-state index in [2.05, 4.69) is 30.8 Å². The first kappa shape index (κ1) is 19.5. The predicted molar refractivity (Wildman–Crippen MR) is 122 cm³/mol. The van der Waals surface area contributed by atoms with Crippen molar-refractivity contribution in [1.82, 2.24) is 9.55 Å². The fourth-order valence-corrected chi connectivity index (χ4v) is 5.99. The fourth-order valence-electron chi connectivity index (χ4n) is 3.55. The summed E-state index contributed by atoms with van der Waals surface area (Å²) < 4.78 is 1.76. The molecule has 0 aliphatic heterocycles. The lowest BCUT2D eigenvalue weighted by Crippen LogP contribution is -2.24. The summed E-state index contributed by atoms with van der Waals surface area (Å²) in [6.45, 7) is 8.27. The van der Waals surface area contributed by atoms with E-state index in [1.54, 1.807) is 15.9 Å². The third-order valence-electron chi connectivity index (χ3n) is 4.79. The van der Waals surface area contributed by atoms with E-state index in [4.69, 9.17) is 16.6 Å². The zero-order chi connectivity index (χ0) is 19.8. The largest absolute Gasteiger partial charge is 0.283 e. The predicted octanol–water partition coefficient (Wildman–Crippen LogP) is 6.03. The molecule has 3 aromatic rings. The minimum atomic E-state index is 0.0407. The Morgan fingerprint density at radius 3 is 2.89 bits per heavy atom. The van der Waals surface area contributed by atoms with Gasteiger partial charge in [-0.3, -0.25) is 9.36 Å². The normalized spacial score (nSPS) is 13.5. The number of thioether (sulfide) groups is 1. The summed E-state index contributed by atoms with van der Waals surface area (Å²) in [4.78, 5) is 20.4. The van der Waals surface area contributed by atoms with E-state index in [0.29, 0.717) is 12.3 Å². The molecule has 144 valence electrons. The summed E-state index contributed by atoms with van der Waals surface area (Å²) in [5, 5.41) is 2.25. The Morgan fingerprint density at radius 1 is 1.36 bits per heavy atom. The van der Waals surface area contributed by atoms with Crippen molar-refractivity contribution in [3.63, 3.8) is 0 Å². The number of nitrogens with zero attached hydrogens (tertiary/aromatic N) is 2. The molecule has 0 unspecified atom stereocenters. The van der Waals surface area contributed by atoms with Crippen molar-refractivity contribution in [1.29, 1.82) is 0 Å². The number of aromatic nitrogens is 2. The van der Waals surface area contributed by atoms with Gasteiger partial charge in [0.2, 0.25) is 0 Å². The highest BCUT2D eigenvalue weighted by atomic mass is 35.5. The maximum Gasteiger partial charge on any atom is 0.263 e. The summed E-state index contributed by atoms with van der Waals surface area (Å²) in [6.07, 6.45) is 3.78. The fraction of sp³-hybridized carbons (Fsp3) is 0.273.